The fourth-order valence-corrected chi connectivity index (χ4v) is 2.78. The SMILES string of the molecule is CC(C)C(=O)C12CC(C#N)(C1)C2. The zero-order valence-electron chi connectivity index (χ0n) is 7.55. The maximum atomic E-state index is 11.6. The van der Waals surface area contributed by atoms with Crippen molar-refractivity contribution < 1.29 is 4.79 Å². The van der Waals surface area contributed by atoms with Gasteiger partial charge in [-0.05, 0) is 19.3 Å². The van der Waals surface area contributed by atoms with Crippen LogP contribution in [0, 0.1) is 28.1 Å². The molecule has 0 spiro atoms. The molecule has 0 aromatic rings. The van der Waals surface area contributed by atoms with Gasteiger partial charge in [0, 0.05) is 11.3 Å². The van der Waals surface area contributed by atoms with Gasteiger partial charge in [0.2, 0.25) is 0 Å². The zero-order valence-corrected chi connectivity index (χ0v) is 7.55. The second kappa shape index (κ2) is 1.90. The Morgan fingerprint density at radius 1 is 1.42 bits per heavy atom. The Bertz CT molecular complexity index is 265. The molecule has 0 aromatic carbocycles. The van der Waals surface area contributed by atoms with Gasteiger partial charge < -0.3 is 0 Å². The number of carbonyl (C=O) groups is 1. The summed E-state index contributed by atoms with van der Waals surface area (Å²) in [6, 6.07) is 2.31. The van der Waals surface area contributed by atoms with Gasteiger partial charge >= 0.3 is 0 Å². The molecule has 0 unspecified atom stereocenters. The van der Waals surface area contributed by atoms with Gasteiger partial charge in [-0.3, -0.25) is 4.79 Å². The first kappa shape index (κ1) is 7.79. The first-order valence-corrected chi connectivity index (χ1v) is 4.49. The molecule has 3 aliphatic rings. The highest BCUT2D eigenvalue weighted by atomic mass is 16.1. The third-order valence-corrected chi connectivity index (χ3v) is 3.31. The minimum Gasteiger partial charge on any atom is -0.299 e. The van der Waals surface area contributed by atoms with Crippen LogP contribution in [0.1, 0.15) is 33.1 Å². The molecular weight excluding hydrogens is 150 g/mol. The molecule has 0 heterocycles. The molecule has 2 bridgehead atoms. The number of Topliss-reactive ketones (excluding diaryl/α,β-unsaturated/α-hetero) is 1. The van der Waals surface area contributed by atoms with Crippen molar-refractivity contribution in [1.29, 1.82) is 5.26 Å². The van der Waals surface area contributed by atoms with Crippen LogP contribution in [0.5, 0.6) is 0 Å². The van der Waals surface area contributed by atoms with Crippen LogP contribution in [0.2, 0.25) is 0 Å². The van der Waals surface area contributed by atoms with Gasteiger partial charge in [-0.25, -0.2) is 0 Å². The molecule has 3 saturated carbocycles. The van der Waals surface area contributed by atoms with Crippen molar-refractivity contribution >= 4 is 5.78 Å². The predicted octanol–water partition coefficient (Wildman–Crippen LogP) is 1.91. The Morgan fingerprint density at radius 3 is 2.25 bits per heavy atom. The van der Waals surface area contributed by atoms with E-state index in [-0.39, 0.29) is 16.7 Å². The Kier molecular flexibility index (Phi) is 1.24. The molecule has 3 aliphatic carbocycles. The molecule has 2 heteroatoms. The Hall–Kier alpha value is -0.840. The highest BCUT2D eigenvalue weighted by Crippen LogP contribution is 2.73. The zero-order chi connectivity index (χ0) is 8.98. The standard InChI is InChI=1S/C10H13NO/c1-7(2)8(12)10-3-9(4-10,5-10)6-11/h7H,3-5H2,1-2H3. The summed E-state index contributed by atoms with van der Waals surface area (Å²) in [5, 5.41) is 8.76. The van der Waals surface area contributed by atoms with E-state index in [1.165, 1.54) is 0 Å². The highest BCUT2D eigenvalue weighted by molar-refractivity contribution is 5.90. The van der Waals surface area contributed by atoms with Crippen LogP contribution < -0.4 is 0 Å². The average Bonchev–Trinajstić information content (AvgIpc) is 1.82. The predicted molar refractivity (Wildman–Crippen MR) is 44.2 cm³/mol. The van der Waals surface area contributed by atoms with Gasteiger partial charge in [0.25, 0.3) is 0 Å². The van der Waals surface area contributed by atoms with Crippen LogP contribution in [0.4, 0.5) is 0 Å². The van der Waals surface area contributed by atoms with E-state index in [1.54, 1.807) is 0 Å². The first-order chi connectivity index (χ1) is 5.54. The summed E-state index contributed by atoms with van der Waals surface area (Å²) in [6.07, 6.45) is 2.52. The molecule has 0 aromatic heterocycles. The van der Waals surface area contributed by atoms with Crippen LogP contribution in [-0.4, -0.2) is 5.78 Å². The summed E-state index contributed by atoms with van der Waals surface area (Å²) in [5.74, 6) is 0.515. The number of nitrogens with zero attached hydrogens (tertiary/aromatic N) is 1. The molecule has 0 amide bonds. The second-order valence-electron chi connectivity index (χ2n) is 4.72. The molecule has 64 valence electrons. The highest BCUT2D eigenvalue weighted by Gasteiger charge is 2.71. The van der Waals surface area contributed by atoms with Gasteiger partial charge in [-0.15, -0.1) is 0 Å². The molecule has 12 heavy (non-hydrogen) atoms. The van der Waals surface area contributed by atoms with Crippen molar-refractivity contribution in [3.63, 3.8) is 0 Å². The van der Waals surface area contributed by atoms with Crippen molar-refractivity contribution in [3.05, 3.63) is 0 Å². The summed E-state index contributed by atoms with van der Waals surface area (Å²) in [7, 11) is 0. The summed E-state index contributed by atoms with van der Waals surface area (Å²) >= 11 is 0. The lowest BCUT2D eigenvalue weighted by atomic mass is 9.34. The molecule has 3 fully saturated rings. The summed E-state index contributed by atoms with van der Waals surface area (Å²) in [6.45, 7) is 3.89. The van der Waals surface area contributed by atoms with Crippen LogP contribution in [-0.2, 0) is 4.79 Å². The first-order valence-electron chi connectivity index (χ1n) is 4.49. The molecule has 0 atom stereocenters. The molecule has 0 saturated heterocycles. The van der Waals surface area contributed by atoms with Crippen LogP contribution in [0.15, 0.2) is 0 Å². The van der Waals surface area contributed by atoms with Crippen molar-refractivity contribution in [2.45, 2.75) is 33.1 Å². The summed E-state index contributed by atoms with van der Waals surface area (Å²) in [5.41, 5.74) is -0.131. The fraction of sp³-hybridized carbons (Fsp3) is 0.800. The number of rotatable bonds is 2. The number of hydrogen-bond donors (Lipinski definition) is 0. The van der Waals surface area contributed by atoms with E-state index in [0.29, 0.717) is 5.78 Å². The second-order valence-corrected chi connectivity index (χ2v) is 4.72. The van der Waals surface area contributed by atoms with Crippen LogP contribution in [0.3, 0.4) is 0 Å². The largest absolute Gasteiger partial charge is 0.299 e. The van der Waals surface area contributed by atoms with E-state index in [2.05, 4.69) is 6.07 Å². The van der Waals surface area contributed by atoms with Gasteiger partial charge in [0.15, 0.2) is 0 Å². The Balaban J connectivity index is 2.05. The molecular formula is C10H13NO. The van der Waals surface area contributed by atoms with Crippen molar-refractivity contribution in [2.24, 2.45) is 16.7 Å². The van der Waals surface area contributed by atoms with E-state index in [9.17, 15) is 4.79 Å². The number of hydrogen-bond acceptors (Lipinski definition) is 2. The third-order valence-electron chi connectivity index (χ3n) is 3.31. The van der Waals surface area contributed by atoms with E-state index in [4.69, 9.17) is 5.26 Å². The van der Waals surface area contributed by atoms with Gasteiger partial charge in [0.1, 0.15) is 5.78 Å². The van der Waals surface area contributed by atoms with Crippen molar-refractivity contribution in [2.75, 3.05) is 0 Å². The lowest BCUT2D eigenvalue weighted by molar-refractivity contribution is -0.186. The smallest absolute Gasteiger partial charge is 0.141 e. The minimum absolute atomic E-state index is 0.0517. The van der Waals surface area contributed by atoms with E-state index in [1.807, 2.05) is 13.8 Å². The van der Waals surface area contributed by atoms with Gasteiger partial charge in [-0.1, -0.05) is 13.8 Å². The monoisotopic (exact) mass is 163 g/mol. The fourth-order valence-electron chi connectivity index (χ4n) is 2.78. The third kappa shape index (κ3) is 0.671. The number of carbonyl (C=O) groups excluding carboxylic acids is 1. The molecule has 0 N–H and O–H groups in total. The molecule has 0 radical (unpaired) electrons. The minimum atomic E-state index is -0.0788. The van der Waals surface area contributed by atoms with Crippen LogP contribution >= 0.6 is 0 Å². The van der Waals surface area contributed by atoms with Crippen molar-refractivity contribution in [3.8, 4) is 6.07 Å². The van der Waals surface area contributed by atoms with E-state index in [0.717, 1.165) is 19.3 Å². The number of ketones is 1. The normalized spacial score (nSPS) is 42.8. The maximum Gasteiger partial charge on any atom is 0.141 e. The lowest BCUT2D eigenvalue weighted by Gasteiger charge is -2.66. The topological polar surface area (TPSA) is 40.9 Å². The summed E-state index contributed by atoms with van der Waals surface area (Å²) in [4.78, 5) is 11.6. The molecule has 3 rings (SSSR count). The van der Waals surface area contributed by atoms with E-state index >= 15 is 0 Å². The van der Waals surface area contributed by atoms with Gasteiger partial charge in [0.05, 0.1) is 11.5 Å². The quantitative estimate of drug-likeness (QED) is 0.623. The van der Waals surface area contributed by atoms with Crippen LogP contribution in [0.25, 0.3) is 0 Å². The Morgan fingerprint density at radius 2 is 1.92 bits per heavy atom. The number of nitriles is 1. The molecule has 0 aliphatic heterocycles. The molecule has 2 nitrogen and oxygen atoms in total. The summed E-state index contributed by atoms with van der Waals surface area (Å²) < 4.78 is 0. The van der Waals surface area contributed by atoms with Gasteiger partial charge in [-0.2, -0.15) is 5.26 Å². The lowest BCUT2D eigenvalue weighted by Crippen LogP contribution is -2.65. The Labute approximate surface area is 72.6 Å². The van der Waals surface area contributed by atoms with E-state index < -0.39 is 0 Å². The van der Waals surface area contributed by atoms with Crippen molar-refractivity contribution in [1.82, 2.24) is 0 Å². The average molecular weight is 163 g/mol. The maximum absolute atomic E-state index is 11.6.